The molecule has 0 aromatic heterocycles. The van der Waals surface area contributed by atoms with Crippen LogP contribution in [-0.2, 0) is 19.0 Å². The highest BCUT2D eigenvalue weighted by Gasteiger charge is 2.36. The van der Waals surface area contributed by atoms with Crippen molar-refractivity contribution in [3.63, 3.8) is 0 Å². The summed E-state index contributed by atoms with van der Waals surface area (Å²) in [7, 11) is 1.60. The maximum absolute atomic E-state index is 10.6. The van der Waals surface area contributed by atoms with E-state index in [2.05, 4.69) is 37.2 Å². The van der Waals surface area contributed by atoms with Gasteiger partial charge in [-0.15, -0.1) is 0 Å². The fourth-order valence-corrected chi connectivity index (χ4v) is 1.83. The fraction of sp³-hybridized carbons (Fsp3) is 0.900. The molecular formula is C10H18I2O5. The Hall–Kier alpha value is 0.810. The van der Waals surface area contributed by atoms with Gasteiger partial charge in [-0.3, -0.25) is 4.79 Å². The summed E-state index contributed by atoms with van der Waals surface area (Å²) < 4.78 is 16.1. The van der Waals surface area contributed by atoms with Gasteiger partial charge in [-0.05, 0) is 13.8 Å². The summed E-state index contributed by atoms with van der Waals surface area (Å²) in [6, 6.07) is 0. The Morgan fingerprint density at radius 2 is 1.94 bits per heavy atom. The van der Waals surface area contributed by atoms with Crippen LogP contribution < -0.4 is 0 Å². The highest BCUT2D eigenvalue weighted by Crippen LogP contribution is 2.28. The largest absolute Gasteiger partial charge is 0.481 e. The van der Waals surface area contributed by atoms with Crippen molar-refractivity contribution < 1.29 is 24.1 Å². The molecule has 0 bridgehead atoms. The molecule has 1 heterocycles. The molecule has 0 aliphatic carbocycles. The lowest BCUT2D eigenvalue weighted by Crippen LogP contribution is -2.46. The number of aliphatic carboxylic acids is 1. The Kier molecular flexibility index (Phi) is 9.25. The van der Waals surface area contributed by atoms with E-state index in [1.807, 2.05) is 0 Å². The van der Waals surface area contributed by atoms with E-state index in [9.17, 15) is 4.79 Å². The zero-order chi connectivity index (χ0) is 13.5. The van der Waals surface area contributed by atoms with Gasteiger partial charge in [0.25, 0.3) is 0 Å². The lowest BCUT2D eigenvalue weighted by Gasteiger charge is -2.40. The van der Waals surface area contributed by atoms with E-state index < -0.39 is 11.8 Å². The molecule has 0 aromatic rings. The Bertz CT molecular complexity index is 235. The molecule has 1 saturated heterocycles. The first-order valence-corrected chi connectivity index (χ1v) is 11.4. The number of ether oxygens (including phenoxy) is 3. The molecule has 1 fully saturated rings. The van der Waals surface area contributed by atoms with Crippen molar-refractivity contribution in [1.82, 2.24) is 0 Å². The highest BCUT2D eigenvalue weighted by molar-refractivity contribution is 15.0. The summed E-state index contributed by atoms with van der Waals surface area (Å²) in [6.45, 7) is 4.02. The van der Waals surface area contributed by atoms with Crippen LogP contribution in [0.4, 0.5) is 0 Å². The summed E-state index contributed by atoms with van der Waals surface area (Å²) in [5, 5.41) is 8.70. The number of hydrogen-bond donors (Lipinski definition) is 1. The van der Waals surface area contributed by atoms with Gasteiger partial charge >= 0.3 is 5.97 Å². The normalized spacial score (nSPS) is 26.9. The van der Waals surface area contributed by atoms with E-state index in [1.165, 1.54) is 0 Å². The Balaban J connectivity index is 0.00000121. The second kappa shape index (κ2) is 8.83. The van der Waals surface area contributed by atoms with E-state index in [0.717, 1.165) is 0 Å². The van der Waals surface area contributed by atoms with Crippen molar-refractivity contribution in [1.29, 1.82) is 0 Å². The minimum absolute atomic E-state index is 0.00695. The number of carbonyl (C=O) groups is 1. The van der Waals surface area contributed by atoms with E-state index >= 15 is 0 Å². The van der Waals surface area contributed by atoms with Gasteiger partial charge in [-0.25, -0.2) is 0 Å². The van der Waals surface area contributed by atoms with Crippen LogP contribution in [0, 0.1) is 0 Å². The Morgan fingerprint density at radius 3 is 2.41 bits per heavy atom. The van der Waals surface area contributed by atoms with Gasteiger partial charge in [0, 0.05) is 50.8 Å². The third-order valence-electron chi connectivity index (χ3n) is 2.18. The Labute approximate surface area is 125 Å². The molecule has 7 heteroatoms. The standard InChI is InChI=1S/C10H18O5.I2/c1-10(2)14-7(5-9(11)12)4-8(15-10)6-13-3;1-2/h7-8H,4-6H2,1-3H3,(H,11,12);. The average molecular weight is 472 g/mol. The second-order valence-electron chi connectivity index (χ2n) is 4.17. The smallest absolute Gasteiger partial charge is 0.305 e. The SMILES string of the molecule is COCC1CC(CC(=O)O)OC(C)(C)O1.II. The maximum Gasteiger partial charge on any atom is 0.305 e. The third-order valence-corrected chi connectivity index (χ3v) is 2.18. The van der Waals surface area contributed by atoms with Crippen LogP contribution in [0.1, 0.15) is 26.7 Å². The fourth-order valence-electron chi connectivity index (χ4n) is 1.83. The molecule has 0 radical (unpaired) electrons. The molecule has 2 unspecified atom stereocenters. The minimum Gasteiger partial charge on any atom is -0.481 e. The van der Waals surface area contributed by atoms with Gasteiger partial charge in [0.1, 0.15) is 0 Å². The van der Waals surface area contributed by atoms with E-state index in [-0.39, 0.29) is 18.6 Å². The van der Waals surface area contributed by atoms with Gasteiger partial charge < -0.3 is 19.3 Å². The number of halogens is 2. The van der Waals surface area contributed by atoms with Crippen molar-refractivity contribution in [3.8, 4) is 0 Å². The van der Waals surface area contributed by atoms with E-state index in [1.54, 1.807) is 21.0 Å². The number of hydrogen-bond acceptors (Lipinski definition) is 4. The van der Waals surface area contributed by atoms with Crippen molar-refractivity contribution >= 4 is 43.2 Å². The molecule has 1 rings (SSSR count). The Morgan fingerprint density at radius 1 is 1.41 bits per heavy atom. The molecule has 0 amide bonds. The molecular weight excluding hydrogens is 454 g/mol. The monoisotopic (exact) mass is 472 g/mol. The van der Waals surface area contributed by atoms with Gasteiger partial charge in [0.2, 0.25) is 0 Å². The molecule has 0 spiro atoms. The molecule has 1 aliphatic rings. The first-order valence-electron chi connectivity index (χ1n) is 5.13. The summed E-state index contributed by atoms with van der Waals surface area (Å²) in [4.78, 5) is 10.6. The average Bonchev–Trinajstić information content (AvgIpc) is 2.17. The van der Waals surface area contributed by atoms with Crippen molar-refractivity contribution in [2.75, 3.05) is 13.7 Å². The van der Waals surface area contributed by atoms with Crippen LogP contribution in [0.2, 0.25) is 0 Å². The molecule has 17 heavy (non-hydrogen) atoms. The molecule has 102 valence electrons. The third kappa shape index (κ3) is 7.75. The van der Waals surface area contributed by atoms with Gasteiger partial charge in [-0.2, -0.15) is 0 Å². The minimum atomic E-state index is -0.853. The molecule has 1 N–H and O–H groups in total. The van der Waals surface area contributed by atoms with Crippen LogP contribution in [0.15, 0.2) is 0 Å². The molecule has 0 saturated carbocycles. The summed E-state index contributed by atoms with van der Waals surface area (Å²) >= 11 is 4.24. The van der Waals surface area contributed by atoms with Crippen molar-refractivity contribution in [2.24, 2.45) is 0 Å². The zero-order valence-corrected chi connectivity index (χ0v) is 14.4. The topological polar surface area (TPSA) is 65.0 Å². The number of carboxylic acid groups (broad SMARTS) is 1. The molecule has 1 aliphatic heterocycles. The van der Waals surface area contributed by atoms with Gasteiger partial charge in [-0.1, -0.05) is 0 Å². The van der Waals surface area contributed by atoms with Crippen LogP contribution in [0.5, 0.6) is 0 Å². The summed E-state index contributed by atoms with van der Waals surface area (Å²) in [6.07, 6.45) is 0.172. The van der Waals surface area contributed by atoms with Gasteiger partial charge in [0.05, 0.1) is 25.2 Å². The van der Waals surface area contributed by atoms with Crippen LogP contribution in [-0.4, -0.2) is 42.8 Å². The van der Waals surface area contributed by atoms with Gasteiger partial charge in [0.15, 0.2) is 5.79 Å². The summed E-state index contributed by atoms with van der Waals surface area (Å²) in [5.41, 5.74) is 0. The highest BCUT2D eigenvalue weighted by atomic mass is 128. The second-order valence-corrected chi connectivity index (χ2v) is 4.17. The lowest BCUT2D eigenvalue weighted by molar-refractivity contribution is -0.304. The zero-order valence-electron chi connectivity index (χ0n) is 10.1. The predicted molar refractivity (Wildman–Crippen MR) is 80.6 cm³/mol. The number of rotatable bonds is 4. The van der Waals surface area contributed by atoms with Crippen LogP contribution in [0.3, 0.4) is 0 Å². The van der Waals surface area contributed by atoms with Crippen LogP contribution in [0.25, 0.3) is 0 Å². The molecule has 2 atom stereocenters. The van der Waals surface area contributed by atoms with Crippen LogP contribution >= 0.6 is 37.2 Å². The maximum atomic E-state index is 10.6. The number of methoxy groups -OCH3 is 1. The first kappa shape index (κ1) is 17.8. The number of carboxylic acids is 1. The molecule has 5 nitrogen and oxygen atoms in total. The van der Waals surface area contributed by atoms with Crippen molar-refractivity contribution in [3.05, 3.63) is 0 Å². The summed E-state index contributed by atoms with van der Waals surface area (Å²) in [5.74, 6) is -1.59. The molecule has 0 aromatic carbocycles. The first-order chi connectivity index (χ1) is 7.93. The predicted octanol–water partition coefficient (Wildman–Crippen LogP) is 2.79. The quantitative estimate of drug-likeness (QED) is 0.639. The van der Waals surface area contributed by atoms with E-state index in [4.69, 9.17) is 19.3 Å². The van der Waals surface area contributed by atoms with E-state index in [0.29, 0.717) is 13.0 Å². The lowest BCUT2D eigenvalue weighted by atomic mass is 10.1. The van der Waals surface area contributed by atoms with Crippen molar-refractivity contribution in [2.45, 2.75) is 44.7 Å².